The van der Waals surface area contributed by atoms with E-state index in [1.165, 1.54) is 5.69 Å². The number of fused-ring (bicyclic) bond motifs is 1. The Morgan fingerprint density at radius 1 is 1.13 bits per heavy atom. The average molecular weight is 309 g/mol. The molecular formula is C17H19N5O. The lowest BCUT2D eigenvalue weighted by Gasteiger charge is -2.19. The number of hydrogen-bond acceptors (Lipinski definition) is 4. The number of aromatic nitrogens is 3. The molecule has 23 heavy (non-hydrogen) atoms. The van der Waals surface area contributed by atoms with Crippen molar-refractivity contribution in [2.45, 2.75) is 6.42 Å². The summed E-state index contributed by atoms with van der Waals surface area (Å²) in [7, 11) is 2.05. The van der Waals surface area contributed by atoms with Gasteiger partial charge >= 0.3 is 0 Å². The topological polar surface area (TPSA) is 73.9 Å². The van der Waals surface area contributed by atoms with Crippen LogP contribution in [-0.4, -0.2) is 41.5 Å². The monoisotopic (exact) mass is 309 g/mol. The molecule has 1 aromatic heterocycles. The van der Waals surface area contributed by atoms with Crippen molar-refractivity contribution < 1.29 is 4.79 Å². The van der Waals surface area contributed by atoms with Crippen molar-refractivity contribution in [2.75, 3.05) is 25.0 Å². The molecule has 3 rings (SSSR count). The Morgan fingerprint density at radius 3 is 2.74 bits per heavy atom. The molecule has 0 spiro atoms. The van der Waals surface area contributed by atoms with Crippen molar-refractivity contribution >= 4 is 22.6 Å². The van der Waals surface area contributed by atoms with E-state index >= 15 is 0 Å². The minimum atomic E-state index is -0.0859. The van der Waals surface area contributed by atoms with Gasteiger partial charge in [-0.25, -0.2) is 0 Å². The van der Waals surface area contributed by atoms with E-state index in [0.29, 0.717) is 17.6 Å². The molecule has 0 saturated heterocycles. The predicted octanol–water partition coefficient (Wildman–Crippen LogP) is 2.21. The summed E-state index contributed by atoms with van der Waals surface area (Å²) in [6.45, 7) is 1.51. The molecule has 0 aliphatic rings. The van der Waals surface area contributed by atoms with Crippen LogP contribution in [0, 0.1) is 0 Å². The van der Waals surface area contributed by atoms with Gasteiger partial charge in [-0.1, -0.05) is 18.2 Å². The number of para-hydroxylation sites is 1. The Balaban J connectivity index is 1.47. The molecule has 118 valence electrons. The van der Waals surface area contributed by atoms with Crippen LogP contribution in [0.4, 0.5) is 5.69 Å². The van der Waals surface area contributed by atoms with Crippen LogP contribution < -0.4 is 10.2 Å². The molecule has 0 atom stereocenters. The Morgan fingerprint density at radius 2 is 1.91 bits per heavy atom. The maximum Gasteiger partial charge on any atom is 0.251 e. The van der Waals surface area contributed by atoms with E-state index < -0.39 is 0 Å². The van der Waals surface area contributed by atoms with Gasteiger partial charge in [0.15, 0.2) is 0 Å². The number of amides is 1. The first-order valence-electron chi connectivity index (χ1n) is 7.59. The zero-order valence-corrected chi connectivity index (χ0v) is 13.0. The van der Waals surface area contributed by atoms with Gasteiger partial charge in [0.25, 0.3) is 5.91 Å². The van der Waals surface area contributed by atoms with Crippen LogP contribution in [0.25, 0.3) is 11.0 Å². The summed E-state index contributed by atoms with van der Waals surface area (Å²) in [4.78, 5) is 14.3. The van der Waals surface area contributed by atoms with Gasteiger partial charge in [-0.15, -0.1) is 0 Å². The summed E-state index contributed by atoms with van der Waals surface area (Å²) in [5, 5.41) is 13.4. The van der Waals surface area contributed by atoms with Crippen molar-refractivity contribution in [3.8, 4) is 0 Å². The van der Waals surface area contributed by atoms with Crippen molar-refractivity contribution in [2.24, 2.45) is 0 Å². The number of carbonyl (C=O) groups is 1. The molecule has 6 heteroatoms. The van der Waals surface area contributed by atoms with E-state index in [2.05, 4.69) is 44.8 Å². The summed E-state index contributed by atoms with van der Waals surface area (Å²) in [6.07, 6.45) is 0.878. The van der Waals surface area contributed by atoms with Crippen molar-refractivity contribution in [3.63, 3.8) is 0 Å². The summed E-state index contributed by atoms with van der Waals surface area (Å²) in [6, 6.07) is 15.5. The van der Waals surface area contributed by atoms with Crippen molar-refractivity contribution in [1.29, 1.82) is 0 Å². The van der Waals surface area contributed by atoms with Gasteiger partial charge in [-0.05, 0) is 36.8 Å². The van der Waals surface area contributed by atoms with Crippen molar-refractivity contribution in [3.05, 3.63) is 54.1 Å². The predicted molar refractivity (Wildman–Crippen MR) is 90.6 cm³/mol. The SMILES string of the molecule is CN(CCCNC(=O)c1ccc2n[nH]nc2c1)c1ccccc1. The quantitative estimate of drug-likeness (QED) is 0.685. The Kier molecular flexibility index (Phi) is 4.52. The van der Waals surface area contributed by atoms with E-state index in [4.69, 9.17) is 0 Å². The zero-order valence-electron chi connectivity index (χ0n) is 13.0. The fourth-order valence-corrected chi connectivity index (χ4v) is 2.41. The Hall–Kier alpha value is -2.89. The number of rotatable bonds is 6. The smallest absolute Gasteiger partial charge is 0.251 e. The maximum atomic E-state index is 12.1. The summed E-state index contributed by atoms with van der Waals surface area (Å²) in [5.74, 6) is -0.0859. The number of benzene rings is 2. The first-order chi connectivity index (χ1) is 11.2. The molecule has 0 bridgehead atoms. The molecule has 0 unspecified atom stereocenters. The standard InChI is InChI=1S/C17H19N5O/c1-22(14-6-3-2-4-7-14)11-5-10-18-17(23)13-8-9-15-16(12-13)20-21-19-15/h2-4,6-9,12H,5,10-11H2,1H3,(H,18,23)(H,19,20,21). The normalized spacial score (nSPS) is 10.7. The number of carbonyl (C=O) groups excluding carboxylic acids is 1. The molecule has 0 fully saturated rings. The fourth-order valence-electron chi connectivity index (χ4n) is 2.41. The lowest BCUT2D eigenvalue weighted by molar-refractivity contribution is 0.0953. The number of H-pyrrole nitrogens is 1. The second-order valence-corrected chi connectivity index (χ2v) is 5.39. The molecule has 2 N–H and O–H groups in total. The van der Waals surface area contributed by atoms with Crippen LogP contribution in [0.1, 0.15) is 16.8 Å². The minimum Gasteiger partial charge on any atom is -0.375 e. The maximum absolute atomic E-state index is 12.1. The number of nitrogens with zero attached hydrogens (tertiary/aromatic N) is 3. The highest BCUT2D eigenvalue weighted by molar-refractivity contribution is 5.97. The molecule has 1 amide bonds. The Bertz CT molecular complexity index is 784. The zero-order chi connectivity index (χ0) is 16.1. The van der Waals surface area contributed by atoms with Crippen LogP contribution in [0.2, 0.25) is 0 Å². The molecule has 6 nitrogen and oxygen atoms in total. The van der Waals surface area contributed by atoms with Crippen LogP contribution in [0.15, 0.2) is 48.5 Å². The van der Waals surface area contributed by atoms with Crippen LogP contribution >= 0.6 is 0 Å². The van der Waals surface area contributed by atoms with Gasteiger partial charge in [0.2, 0.25) is 0 Å². The molecular weight excluding hydrogens is 290 g/mol. The van der Waals surface area contributed by atoms with Gasteiger partial charge in [0.05, 0.1) is 0 Å². The molecule has 0 saturated carbocycles. The van der Waals surface area contributed by atoms with Gasteiger partial charge < -0.3 is 10.2 Å². The first-order valence-corrected chi connectivity index (χ1v) is 7.59. The van der Waals surface area contributed by atoms with Crippen LogP contribution in [-0.2, 0) is 0 Å². The van der Waals surface area contributed by atoms with E-state index in [-0.39, 0.29) is 5.91 Å². The first kappa shape index (κ1) is 15.0. The molecule has 1 heterocycles. The number of aromatic amines is 1. The summed E-state index contributed by atoms with van der Waals surface area (Å²) in [5.41, 5.74) is 3.23. The second kappa shape index (κ2) is 6.91. The molecule has 3 aromatic rings. The van der Waals surface area contributed by atoms with Gasteiger partial charge in [0, 0.05) is 31.4 Å². The minimum absolute atomic E-state index is 0.0859. The third kappa shape index (κ3) is 3.66. The molecule has 0 radical (unpaired) electrons. The summed E-state index contributed by atoms with van der Waals surface area (Å²) >= 11 is 0. The highest BCUT2D eigenvalue weighted by Gasteiger charge is 2.07. The number of nitrogens with one attached hydrogen (secondary N) is 2. The average Bonchev–Trinajstić information content (AvgIpc) is 3.06. The van der Waals surface area contributed by atoms with E-state index in [1.807, 2.05) is 18.2 Å². The summed E-state index contributed by atoms with van der Waals surface area (Å²) < 4.78 is 0. The second-order valence-electron chi connectivity index (χ2n) is 5.39. The highest BCUT2D eigenvalue weighted by atomic mass is 16.1. The molecule has 0 aliphatic carbocycles. The van der Waals surface area contributed by atoms with E-state index in [0.717, 1.165) is 18.5 Å². The highest BCUT2D eigenvalue weighted by Crippen LogP contribution is 2.11. The third-order valence-electron chi connectivity index (χ3n) is 3.73. The van der Waals surface area contributed by atoms with Gasteiger partial charge in [-0.2, -0.15) is 15.4 Å². The lowest BCUT2D eigenvalue weighted by atomic mass is 10.2. The number of hydrogen-bond donors (Lipinski definition) is 2. The number of anilines is 1. The molecule has 0 aliphatic heterocycles. The largest absolute Gasteiger partial charge is 0.375 e. The van der Waals surface area contributed by atoms with Gasteiger partial charge in [0.1, 0.15) is 11.0 Å². The van der Waals surface area contributed by atoms with Gasteiger partial charge in [-0.3, -0.25) is 4.79 Å². The van der Waals surface area contributed by atoms with Crippen molar-refractivity contribution in [1.82, 2.24) is 20.7 Å². The van der Waals surface area contributed by atoms with E-state index in [1.54, 1.807) is 18.2 Å². The third-order valence-corrected chi connectivity index (χ3v) is 3.73. The van der Waals surface area contributed by atoms with Crippen LogP contribution in [0.5, 0.6) is 0 Å². The fraction of sp³-hybridized carbons (Fsp3) is 0.235. The van der Waals surface area contributed by atoms with Crippen LogP contribution in [0.3, 0.4) is 0 Å². The molecule has 2 aromatic carbocycles. The van der Waals surface area contributed by atoms with E-state index in [9.17, 15) is 4.79 Å². The lowest BCUT2D eigenvalue weighted by Crippen LogP contribution is -2.28. The Labute approximate surface area is 134 Å².